The summed E-state index contributed by atoms with van der Waals surface area (Å²) in [5.41, 5.74) is -1.60. The average molecular weight is 314 g/mol. The minimum atomic E-state index is -1.19. The summed E-state index contributed by atoms with van der Waals surface area (Å²) in [5.74, 6) is -0.692. The quantitative estimate of drug-likeness (QED) is 0.396. The molecular formula is C13H18N2O5S. The Balaban J connectivity index is 3.19. The predicted molar refractivity (Wildman–Crippen MR) is 79.5 cm³/mol. The van der Waals surface area contributed by atoms with Gasteiger partial charge in [-0.2, -0.15) is 0 Å². The molecule has 0 unspecified atom stereocenters. The van der Waals surface area contributed by atoms with Gasteiger partial charge in [0.1, 0.15) is 5.56 Å². The lowest BCUT2D eigenvalue weighted by Crippen LogP contribution is -2.53. The molecule has 1 aromatic rings. The lowest BCUT2D eigenvalue weighted by molar-refractivity contribution is -0.385. The molecule has 116 valence electrons. The van der Waals surface area contributed by atoms with Gasteiger partial charge in [-0.1, -0.05) is 6.92 Å². The highest BCUT2D eigenvalue weighted by Gasteiger charge is 2.31. The Bertz CT molecular complexity index is 523. The molecular weight excluding hydrogens is 296 g/mol. The van der Waals surface area contributed by atoms with Crippen molar-refractivity contribution in [2.75, 3.05) is 19.5 Å². The van der Waals surface area contributed by atoms with Crippen LogP contribution in [0, 0.1) is 10.1 Å². The van der Waals surface area contributed by atoms with E-state index in [1.54, 1.807) is 19.2 Å². The molecule has 0 aromatic heterocycles. The predicted octanol–water partition coefficient (Wildman–Crippen LogP) is 1.18. The molecule has 0 saturated heterocycles. The summed E-state index contributed by atoms with van der Waals surface area (Å²) < 4.78 is 0. The summed E-state index contributed by atoms with van der Waals surface area (Å²) in [7, 11) is 0. The third-order valence-electron chi connectivity index (χ3n) is 3.31. The zero-order chi connectivity index (χ0) is 16.0. The van der Waals surface area contributed by atoms with E-state index in [4.69, 9.17) is 0 Å². The van der Waals surface area contributed by atoms with Crippen molar-refractivity contribution in [1.82, 2.24) is 5.32 Å². The van der Waals surface area contributed by atoms with Crippen LogP contribution in [-0.2, 0) is 0 Å². The van der Waals surface area contributed by atoms with Gasteiger partial charge in [0.05, 0.1) is 23.7 Å². The molecule has 7 nitrogen and oxygen atoms in total. The van der Waals surface area contributed by atoms with E-state index in [1.165, 1.54) is 23.9 Å². The van der Waals surface area contributed by atoms with Crippen LogP contribution in [-0.4, -0.2) is 46.1 Å². The van der Waals surface area contributed by atoms with Crippen LogP contribution in [0.25, 0.3) is 0 Å². The van der Waals surface area contributed by atoms with Crippen molar-refractivity contribution in [1.29, 1.82) is 0 Å². The van der Waals surface area contributed by atoms with E-state index in [0.29, 0.717) is 11.3 Å². The summed E-state index contributed by atoms with van der Waals surface area (Å²) in [6.07, 6.45) is 2.09. The molecule has 0 radical (unpaired) electrons. The fraction of sp³-hybridized carbons (Fsp3) is 0.462. The molecule has 0 aliphatic carbocycles. The van der Waals surface area contributed by atoms with Crippen molar-refractivity contribution in [3.8, 4) is 0 Å². The number of thioether (sulfide) groups is 1. The molecule has 0 heterocycles. The minimum absolute atomic E-state index is 0.0911. The number of aliphatic hydroxyl groups is 2. The van der Waals surface area contributed by atoms with Gasteiger partial charge in [-0.25, -0.2) is 0 Å². The lowest BCUT2D eigenvalue weighted by Gasteiger charge is -2.29. The first-order valence-corrected chi connectivity index (χ1v) is 7.52. The van der Waals surface area contributed by atoms with Crippen LogP contribution >= 0.6 is 11.8 Å². The number of nitro groups is 1. The van der Waals surface area contributed by atoms with Gasteiger partial charge >= 0.3 is 0 Å². The summed E-state index contributed by atoms with van der Waals surface area (Å²) in [5, 5.41) is 32.2. The fourth-order valence-electron chi connectivity index (χ4n) is 1.73. The Hall–Kier alpha value is -1.64. The van der Waals surface area contributed by atoms with E-state index >= 15 is 0 Å². The number of benzene rings is 1. The van der Waals surface area contributed by atoms with Crippen LogP contribution in [0.15, 0.2) is 23.1 Å². The number of rotatable bonds is 7. The summed E-state index contributed by atoms with van der Waals surface area (Å²) >= 11 is 1.35. The SMILES string of the molecule is CCC(CO)(CO)NC(=O)c1cc(SC)ccc1[N+](=O)[O-]. The molecule has 8 heteroatoms. The van der Waals surface area contributed by atoms with Crippen LogP contribution in [0.2, 0.25) is 0 Å². The summed E-state index contributed by atoms with van der Waals surface area (Å²) in [6.45, 7) is 0.781. The monoisotopic (exact) mass is 314 g/mol. The number of carbonyl (C=O) groups excluding carboxylic acids is 1. The fourth-order valence-corrected chi connectivity index (χ4v) is 2.17. The van der Waals surface area contributed by atoms with E-state index in [2.05, 4.69) is 5.32 Å². The molecule has 0 aliphatic heterocycles. The number of hydrogen-bond donors (Lipinski definition) is 3. The first kappa shape index (κ1) is 17.4. The van der Waals surface area contributed by atoms with Crippen LogP contribution in [0.4, 0.5) is 5.69 Å². The zero-order valence-corrected chi connectivity index (χ0v) is 12.6. The Morgan fingerprint density at radius 1 is 1.43 bits per heavy atom. The second kappa shape index (κ2) is 7.39. The smallest absolute Gasteiger partial charge is 0.282 e. The number of nitro benzene ring substituents is 1. The van der Waals surface area contributed by atoms with E-state index in [9.17, 15) is 25.1 Å². The molecule has 0 spiro atoms. The van der Waals surface area contributed by atoms with Crippen LogP contribution in [0.5, 0.6) is 0 Å². The molecule has 1 aromatic carbocycles. The highest BCUT2D eigenvalue weighted by atomic mass is 32.2. The highest BCUT2D eigenvalue weighted by Crippen LogP contribution is 2.25. The molecule has 0 aliphatic rings. The summed E-state index contributed by atoms with van der Waals surface area (Å²) in [4.78, 5) is 23.4. The number of nitrogens with zero attached hydrogens (tertiary/aromatic N) is 1. The molecule has 1 rings (SSSR count). The molecule has 1 amide bonds. The van der Waals surface area contributed by atoms with Crippen LogP contribution in [0.3, 0.4) is 0 Å². The maximum atomic E-state index is 12.3. The number of nitrogens with one attached hydrogen (secondary N) is 1. The van der Waals surface area contributed by atoms with Crippen molar-refractivity contribution in [3.05, 3.63) is 33.9 Å². The normalized spacial score (nSPS) is 11.2. The third-order valence-corrected chi connectivity index (χ3v) is 4.03. The van der Waals surface area contributed by atoms with Gasteiger partial charge in [-0.15, -0.1) is 11.8 Å². The lowest BCUT2D eigenvalue weighted by atomic mass is 9.97. The van der Waals surface area contributed by atoms with Crippen molar-refractivity contribution in [3.63, 3.8) is 0 Å². The van der Waals surface area contributed by atoms with Gasteiger partial charge < -0.3 is 15.5 Å². The Morgan fingerprint density at radius 3 is 2.48 bits per heavy atom. The van der Waals surface area contributed by atoms with Crippen LogP contribution < -0.4 is 5.32 Å². The van der Waals surface area contributed by atoms with Gasteiger partial charge in [0.2, 0.25) is 0 Å². The van der Waals surface area contributed by atoms with E-state index in [1.807, 2.05) is 0 Å². The van der Waals surface area contributed by atoms with E-state index in [-0.39, 0.29) is 11.3 Å². The molecule has 0 saturated carbocycles. The molecule has 21 heavy (non-hydrogen) atoms. The van der Waals surface area contributed by atoms with Gasteiger partial charge in [-0.3, -0.25) is 14.9 Å². The van der Waals surface area contributed by atoms with Gasteiger partial charge in [0.15, 0.2) is 0 Å². The van der Waals surface area contributed by atoms with Crippen molar-refractivity contribution in [2.24, 2.45) is 0 Å². The van der Waals surface area contributed by atoms with E-state index in [0.717, 1.165) is 0 Å². The van der Waals surface area contributed by atoms with Crippen molar-refractivity contribution < 1.29 is 19.9 Å². The Kier molecular flexibility index (Phi) is 6.13. The maximum absolute atomic E-state index is 12.3. The standard InChI is InChI=1S/C13H18N2O5S/c1-3-13(7-16,8-17)14-12(18)10-6-9(21-2)4-5-11(10)15(19)20/h4-6,16-17H,3,7-8H2,1-2H3,(H,14,18). The Labute approximate surface area is 126 Å². The zero-order valence-electron chi connectivity index (χ0n) is 11.8. The van der Waals surface area contributed by atoms with Gasteiger partial charge in [-0.05, 0) is 24.8 Å². The number of aliphatic hydroxyl groups excluding tert-OH is 2. The summed E-state index contributed by atoms with van der Waals surface area (Å²) in [6, 6.07) is 4.25. The van der Waals surface area contributed by atoms with Crippen LogP contribution in [0.1, 0.15) is 23.7 Å². The first-order chi connectivity index (χ1) is 9.92. The molecule has 0 atom stereocenters. The van der Waals surface area contributed by atoms with Crippen molar-refractivity contribution >= 4 is 23.4 Å². The second-order valence-corrected chi connectivity index (χ2v) is 5.42. The highest BCUT2D eigenvalue weighted by molar-refractivity contribution is 7.98. The molecule has 0 fully saturated rings. The minimum Gasteiger partial charge on any atom is -0.394 e. The van der Waals surface area contributed by atoms with Gasteiger partial charge in [0, 0.05) is 11.0 Å². The number of carbonyl (C=O) groups is 1. The average Bonchev–Trinajstić information content (AvgIpc) is 2.51. The molecule has 0 bridgehead atoms. The Morgan fingerprint density at radius 2 is 2.05 bits per heavy atom. The maximum Gasteiger partial charge on any atom is 0.282 e. The second-order valence-electron chi connectivity index (χ2n) is 4.54. The molecule has 3 N–H and O–H groups in total. The third kappa shape index (κ3) is 3.93. The number of hydrogen-bond acceptors (Lipinski definition) is 6. The van der Waals surface area contributed by atoms with Crippen molar-refractivity contribution in [2.45, 2.75) is 23.8 Å². The number of amides is 1. The van der Waals surface area contributed by atoms with Gasteiger partial charge in [0.25, 0.3) is 11.6 Å². The van der Waals surface area contributed by atoms with E-state index < -0.39 is 29.6 Å². The topological polar surface area (TPSA) is 113 Å². The first-order valence-electron chi connectivity index (χ1n) is 6.29. The largest absolute Gasteiger partial charge is 0.394 e.